The van der Waals surface area contributed by atoms with Crippen LogP contribution in [0.4, 0.5) is 13.2 Å². The van der Waals surface area contributed by atoms with Crippen LogP contribution in [0.5, 0.6) is 0 Å². The van der Waals surface area contributed by atoms with E-state index in [0.29, 0.717) is 18.2 Å². The predicted molar refractivity (Wildman–Crippen MR) is 67.0 cm³/mol. The lowest BCUT2D eigenvalue weighted by Crippen LogP contribution is -2.38. The molecule has 1 aromatic heterocycles. The number of aromatic nitrogens is 4. The number of halogens is 3. The van der Waals surface area contributed by atoms with E-state index in [2.05, 4.69) is 20.8 Å². The van der Waals surface area contributed by atoms with Crippen LogP contribution in [-0.2, 0) is 6.54 Å². The molecule has 0 atom stereocenters. The molecule has 0 aromatic carbocycles. The van der Waals surface area contributed by atoms with Crippen LogP contribution in [0.25, 0.3) is 0 Å². The Bertz CT molecular complexity index is 351. The van der Waals surface area contributed by atoms with Crippen LogP contribution in [0.15, 0.2) is 5.16 Å². The molecule has 0 bridgehead atoms. The zero-order valence-electron chi connectivity index (χ0n) is 11.2. The van der Waals surface area contributed by atoms with Gasteiger partial charge in [-0.05, 0) is 31.2 Å². The average Bonchev–Trinajstić information content (AvgIpc) is 2.62. The van der Waals surface area contributed by atoms with Gasteiger partial charge < -0.3 is 5.32 Å². The Morgan fingerprint density at radius 3 is 2.53 bits per heavy atom. The number of rotatable bonds is 6. The lowest BCUT2D eigenvalue weighted by atomic mass is 10.1. The molecule has 1 aromatic rings. The maximum Gasteiger partial charge on any atom is 0.389 e. The molecule has 5 nitrogen and oxygen atoms in total. The second kappa shape index (κ2) is 6.56. The smallest absolute Gasteiger partial charge is 0.310 e. The minimum Gasteiger partial charge on any atom is -0.310 e. The summed E-state index contributed by atoms with van der Waals surface area (Å²) in [6.07, 6.45) is -4.98. The van der Waals surface area contributed by atoms with Gasteiger partial charge in [0.1, 0.15) is 0 Å². The van der Waals surface area contributed by atoms with Crippen LogP contribution in [0.2, 0.25) is 0 Å². The number of thioether (sulfide) groups is 1. The first-order chi connectivity index (χ1) is 8.67. The Labute approximate surface area is 114 Å². The first-order valence-corrected chi connectivity index (χ1v) is 6.87. The minimum absolute atomic E-state index is 0.0163. The summed E-state index contributed by atoms with van der Waals surface area (Å²) in [6.45, 7) is 7.28. The summed E-state index contributed by atoms with van der Waals surface area (Å²) in [5.41, 5.74) is -0.0163. The fraction of sp³-hybridized carbons (Fsp3) is 0.900. The number of alkyl halides is 3. The highest BCUT2D eigenvalue weighted by Gasteiger charge is 2.26. The van der Waals surface area contributed by atoms with Crippen molar-refractivity contribution in [3.05, 3.63) is 0 Å². The van der Waals surface area contributed by atoms with Crippen molar-refractivity contribution >= 4 is 11.8 Å². The van der Waals surface area contributed by atoms with E-state index in [4.69, 9.17) is 0 Å². The Morgan fingerprint density at radius 2 is 1.95 bits per heavy atom. The summed E-state index contributed by atoms with van der Waals surface area (Å²) in [4.78, 5) is 0. The molecule has 0 aliphatic heterocycles. The van der Waals surface area contributed by atoms with Gasteiger partial charge in [-0.25, -0.2) is 4.68 Å². The predicted octanol–water partition coefficient (Wildman–Crippen LogP) is 2.11. The topological polar surface area (TPSA) is 55.6 Å². The van der Waals surface area contributed by atoms with Crippen LogP contribution in [0, 0.1) is 0 Å². The van der Waals surface area contributed by atoms with Crippen molar-refractivity contribution in [3.8, 4) is 0 Å². The van der Waals surface area contributed by atoms with Crippen molar-refractivity contribution in [1.82, 2.24) is 25.5 Å². The zero-order valence-corrected chi connectivity index (χ0v) is 12.0. The van der Waals surface area contributed by atoms with Gasteiger partial charge in [0.05, 0.1) is 13.0 Å². The SMILES string of the molecule is CC(C)(C)NCCn1nnnc1SCCC(F)(F)F. The number of nitrogens with zero attached hydrogens (tertiary/aromatic N) is 4. The Kier molecular flexibility index (Phi) is 5.60. The molecule has 110 valence electrons. The number of hydrogen-bond donors (Lipinski definition) is 1. The average molecular weight is 297 g/mol. The quantitative estimate of drug-likeness (QED) is 0.815. The molecule has 0 aliphatic rings. The molecule has 0 spiro atoms. The van der Waals surface area contributed by atoms with Gasteiger partial charge in [0, 0.05) is 17.8 Å². The molecule has 1 rings (SSSR count). The number of tetrazole rings is 1. The highest BCUT2D eigenvalue weighted by atomic mass is 32.2. The second-order valence-electron chi connectivity index (χ2n) is 5.08. The van der Waals surface area contributed by atoms with Gasteiger partial charge in [-0.15, -0.1) is 5.10 Å². The van der Waals surface area contributed by atoms with Crippen LogP contribution in [-0.4, -0.2) is 44.2 Å². The molecule has 0 unspecified atom stereocenters. The van der Waals surface area contributed by atoms with E-state index in [0.717, 1.165) is 11.8 Å². The molecule has 1 heterocycles. The molecular formula is C10H18F3N5S. The maximum absolute atomic E-state index is 12.0. The van der Waals surface area contributed by atoms with Gasteiger partial charge in [-0.3, -0.25) is 0 Å². The highest BCUT2D eigenvalue weighted by molar-refractivity contribution is 7.99. The Hall–Kier alpha value is -0.830. The fourth-order valence-electron chi connectivity index (χ4n) is 1.24. The van der Waals surface area contributed by atoms with E-state index in [9.17, 15) is 13.2 Å². The van der Waals surface area contributed by atoms with Gasteiger partial charge in [0.15, 0.2) is 0 Å². The van der Waals surface area contributed by atoms with Crippen LogP contribution < -0.4 is 5.32 Å². The Morgan fingerprint density at radius 1 is 1.26 bits per heavy atom. The summed E-state index contributed by atoms with van der Waals surface area (Å²) < 4.78 is 37.6. The molecule has 1 N–H and O–H groups in total. The molecule has 0 radical (unpaired) electrons. The maximum atomic E-state index is 12.0. The fourth-order valence-corrected chi connectivity index (χ4v) is 2.12. The van der Waals surface area contributed by atoms with Gasteiger partial charge in [0.2, 0.25) is 5.16 Å². The van der Waals surface area contributed by atoms with Crippen LogP contribution >= 0.6 is 11.8 Å². The molecular weight excluding hydrogens is 279 g/mol. The van der Waals surface area contributed by atoms with Crippen molar-refractivity contribution < 1.29 is 13.2 Å². The van der Waals surface area contributed by atoms with Gasteiger partial charge >= 0.3 is 6.18 Å². The third kappa shape index (κ3) is 7.36. The van der Waals surface area contributed by atoms with Gasteiger partial charge in [-0.2, -0.15) is 13.2 Å². The Balaban J connectivity index is 2.38. The molecule has 0 saturated heterocycles. The van der Waals surface area contributed by atoms with Crippen molar-refractivity contribution in [1.29, 1.82) is 0 Å². The lowest BCUT2D eigenvalue weighted by molar-refractivity contribution is -0.129. The lowest BCUT2D eigenvalue weighted by Gasteiger charge is -2.20. The molecule has 0 saturated carbocycles. The van der Waals surface area contributed by atoms with Crippen molar-refractivity contribution in [2.75, 3.05) is 12.3 Å². The van der Waals surface area contributed by atoms with Crippen molar-refractivity contribution in [2.24, 2.45) is 0 Å². The first-order valence-electron chi connectivity index (χ1n) is 5.88. The second-order valence-corrected chi connectivity index (χ2v) is 6.14. The molecule has 19 heavy (non-hydrogen) atoms. The van der Waals surface area contributed by atoms with Crippen LogP contribution in [0.3, 0.4) is 0 Å². The summed E-state index contributed by atoms with van der Waals surface area (Å²) in [7, 11) is 0. The van der Waals surface area contributed by atoms with E-state index in [-0.39, 0.29) is 11.3 Å². The van der Waals surface area contributed by atoms with Crippen LogP contribution in [0.1, 0.15) is 27.2 Å². The normalized spacial score (nSPS) is 12.9. The summed E-state index contributed by atoms with van der Waals surface area (Å²) in [5.74, 6) is -0.0728. The summed E-state index contributed by atoms with van der Waals surface area (Å²) >= 11 is 1.02. The number of nitrogens with one attached hydrogen (secondary N) is 1. The molecule has 0 amide bonds. The molecule has 9 heteroatoms. The van der Waals surface area contributed by atoms with E-state index >= 15 is 0 Å². The van der Waals surface area contributed by atoms with Gasteiger partial charge in [0.25, 0.3) is 0 Å². The van der Waals surface area contributed by atoms with E-state index in [1.165, 1.54) is 4.68 Å². The minimum atomic E-state index is -4.14. The van der Waals surface area contributed by atoms with Gasteiger partial charge in [-0.1, -0.05) is 11.8 Å². The largest absolute Gasteiger partial charge is 0.389 e. The zero-order chi connectivity index (χ0) is 14.5. The van der Waals surface area contributed by atoms with Crippen molar-refractivity contribution in [3.63, 3.8) is 0 Å². The van der Waals surface area contributed by atoms with E-state index in [1.54, 1.807) is 0 Å². The van der Waals surface area contributed by atoms with E-state index in [1.807, 2.05) is 20.8 Å². The third-order valence-corrected chi connectivity index (χ3v) is 3.05. The molecule has 0 fully saturated rings. The van der Waals surface area contributed by atoms with Crippen molar-refractivity contribution in [2.45, 2.75) is 50.6 Å². The number of hydrogen-bond acceptors (Lipinski definition) is 5. The molecule has 0 aliphatic carbocycles. The highest BCUT2D eigenvalue weighted by Crippen LogP contribution is 2.24. The van der Waals surface area contributed by atoms with E-state index < -0.39 is 12.6 Å². The summed E-state index contributed by atoms with van der Waals surface area (Å²) in [6, 6.07) is 0. The first kappa shape index (κ1) is 16.2. The third-order valence-electron chi connectivity index (χ3n) is 2.09. The summed E-state index contributed by atoms with van der Waals surface area (Å²) in [5, 5.41) is 14.6. The standard InChI is InChI=1S/C10H18F3N5S/c1-9(2,3)14-5-6-18-8(15-16-17-18)19-7-4-10(11,12)13/h14H,4-7H2,1-3H3. The monoisotopic (exact) mass is 297 g/mol.